The van der Waals surface area contributed by atoms with Gasteiger partial charge in [-0.05, 0) is 50.1 Å². The number of aromatic nitrogens is 2. The predicted octanol–water partition coefficient (Wildman–Crippen LogP) is 6.24. The van der Waals surface area contributed by atoms with Crippen molar-refractivity contribution >= 4 is 67.5 Å². The van der Waals surface area contributed by atoms with Crippen LogP contribution in [0.1, 0.15) is 32.1 Å². The van der Waals surface area contributed by atoms with Crippen LogP contribution in [-0.2, 0) is 10.0 Å². The van der Waals surface area contributed by atoms with Crippen molar-refractivity contribution < 1.29 is 8.42 Å². The molecule has 1 saturated carbocycles. The molecule has 0 saturated heterocycles. The monoisotopic (exact) mass is 557 g/mol. The van der Waals surface area contributed by atoms with E-state index in [-0.39, 0.29) is 20.0 Å². The molecule has 35 heavy (non-hydrogen) atoms. The Balaban J connectivity index is 0.000000214. The van der Waals surface area contributed by atoms with Crippen LogP contribution < -0.4 is 14.9 Å². The average Bonchev–Trinajstić information content (AvgIpc) is 2.86. The molecule has 2 N–H and O–H groups in total. The third-order valence-corrected chi connectivity index (χ3v) is 8.70. The molecular formula is C24H30Cl3N5O2S. The van der Waals surface area contributed by atoms with E-state index >= 15 is 0 Å². The van der Waals surface area contributed by atoms with Crippen LogP contribution in [0.3, 0.4) is 0 Å². The van der Waals surface area contributed by atoms with Crippen LogP contribution in [-0.4, -0.2) is 46.1 Å². The number of halogens is 3. The van der Waals surface area contributed by atoms with Crippen LogP contribution in [0.5, 0.6) is 0 Å². The number of benzene rings is 2. The molecule has 1 aliphatic carbocycles. The molecule has 3 aromatic rings. The Bertz CT molecular complexity index is 1270. The highest BCUT2D eigenvalue weighted by Crippen LogP contribution is 2.34. The molecule has 1 aliphatic rings. The highest BCUT2D eigenvalue weighted by Gasteiger charge is 2.19. The van der Waals surface area contributed by atoms with E-state index in [0.717, 1.165) is 35.1 Å². The number of hydrogen-bond donors (Lipinski definition) is 2. The third kappa shape index (κ3) is 7.11. The first-order valence-electron chi connectivity index (χ1n) is 11.4. The van der Waals surface area contributed by atoms with Gasteiger partial charge in [0.1, 0.15) is 10.7 Å². The van der Waals surface area contributed by atoms with Gasteiger partial charge < -0.3 is 10.2 Å². The highest BCUT2D eigenvalue weighted by atomic mass is 35.5. The molecule has 0 aliphatic heterocycles. The zero-order chi connectivity index (χ0) is 25.6. The molecule has 7 nitrogen and oxygen atoms in total. The minimum atomic E-state index is -3.59. The number of sulfonamides is 1. The van der Waals surface area contributed by atoms with E-state index in [1.807, 2.05) is 26.2 Å². The fourth-order valence-corrected chi connectivity index (χ4v) is 5.63. The second kappa shape index (κ2) is 12.4. The van der Waals surface area contributed by atoms with E-state index in [9.17, 15) is 8.42 Å². The lowest BCUT2D eigenvalue weighted by atomic mass is 9.89. The van der Waals surface area contributed by atoms with Crippen molar-refractivity contribution in [3.8, 4) is 0 Å². The molecular weight excluding hydrogens is 529 g/mol. The number of nitrogens with zero attached hydrogens (tertiary/aromatic N) is 3. The van der Waals surface area contributed by atoms with Crippen molar-refractivity contribution in [3.63, 3.8) is 0 Å². The van der Waals surface area contributed by atoms with E-state index in [0.29, 0.717) is 0 Å². The minimum Gasteiger partial charge on any atom is -0.362 e. The Hall–Kier alpha value is -1.84. The Labute approximate surface area is 222 Å². The fraction of sp³-hybridized carbons (Fsp3) is 0.417. The van der Waals surface area contributed by atoms with E-state index in [4.69, 9.17) is 34.8 Å². The largest absolute Gasteiger partial charge is 0.362 e. The van der Waals surface area contributed by atoms with Gasteiger partial charge in [0.15, 0.2) is 0 Å². The lowest BCUT2D eigenvalue weighted by Gasteiger charge is -2.22. The van der Waals surface area contributed by atoms with Crippen LogP contribution in [0.2, 0.25) is 15.1 Å². The number of nitrogens with one attached hydrogen (secondary N) is 2. The standard InChI is InChI=1S/C17H24N4.C7H6Cl3NO2S/c1-21(2)16-14-10-6-7-11-15(14)19-17(20-16)18-12-13-8-4-3-5-9-13;1-11-14(12,13)5-3-2-4(8)6(9)7(5)10/h6-7,10-11,13H,3-5,8-9,12H2,1-2H3,(H,18,19,20);2-3,11H,1H3. The number of fused-ring (bicyclic) bond motifs is 1. The van der Waals surface area contributed by atoms with Gasteiger partial charge in [-0.1, -0.05) is 66.2 Å². The molecule has 1 fully saturated rings. The summed E-state index contributed by atoms with van der Waals surface area (Å²) < 4.78 is 24.9. The maximum atomic E-state index is 11.4. The van der Waals surface area contributed by atoms with E-state index in [2.05, 4.69) is 37.0 Å². The SMILES string of the molecule is CN(C)c1nc(NCC2CCCCC2)nc2ccccc12.CNS(=O)(=O)c1ccc(Cl)c(Cl)c1Cl. The van der Waals surface area contributed by atoms with E-state index < -0.39 is 10.0 Å². The molecule has 0 unspecified atom stereocenters. The number of hydrogen-bond acceptors (Lipinski definition) is 6. The molecule has 0 bridgehead atoms. The van der Waals surface area contributed by atoms with Crippen LogP contribution in [0.25, 0.3) is 10.9 Å². The fourth-order valence-electron chi connectivity index (χ4n) is 3.93. The highest BCUT2D eigenvalue weighted by molar-refractivity contribution is 7.89. The third-order valence-electron chi connectivity index (χ3n) is 5.84. The summed E-state index contributed by atoms with van der Waals surface area (Å²) in [4.78, 5) is 11.3. The van der Waals surface area contributed by atoms with Crippen molar-refractivity contribution in [2.45, 2.75) is 37.0 Å². The maximum absolute atomic E-state index is 11.4. The molecule has 4 rings (SSSR count). The maximum Gasteiger partial charge on any atom is 0.241 e. The van der Waals surface area contributed by atoms with Crippen LogP contribution >= 0.6 is 34.8 Å². The number of anilines is 2. The van der Waals surface area contributed by atoms with Gasteiger partial charge in [0.2, 0.25) is 16.0 Å². The quantitative estimate of drug-likeness (QED) is 0.348. The second-order valence-electron chi connectivity index (χ2n) is 8.55. The van der Waals surface area contributed by atoms with Gasteiger partial charge >= 0.3 is 0 Å². The van der Waals surface area contributed by atoms with Gasteiger partial charge in [-0.2, -0.15) is 4.98 Å². The Morgan fingerprint density at radius 1 is 0.971 bits per heavy atom. The average molecular weight is 559 g/mol. The van der Waals surface area contributed by atoms with Crippen molar-refractivity contribution in [1.29, 1.82) is 0 Å². The zero-order valence-electron chi connectivity index (χ0n) is 20.0. The van der Waals surface area contributed by atoms with Gasteiger partial charge in [0.25, 0.3) is 0 Å². The van der Waals surface area contributed by atoms with Crippen molar-refractivity contribution in [3.05, 3.63) is 51.5 Å². The Morgan fingerprint density at radius 2 is 1.66 bits per heavy atom. The molecule has 1 aromatic heterocycles. The van der Waals surface area contributed by atoms with Crippen molar-refractivity contribution in [2.24, 2.45) is 5.92 Å². The van der Waals surface area contributed by atoms with Gasteiger partial charge in [-0.15, -0.1) is 0 Å². The van der Waals surface area contributed by atoms with Gasteiger partial charge in [-0.3, -0.25) is 0 Å². The summed E-state index contributed by atoms with van der Waals surface area (Å²) in [6.45, 7) is 0.991. The van der Waals surface area contributed by atoms with Crippen LogP contribution in [0, 0.1) is 5.92 Å². The molecule has 190 valence electrons. The topological polar surface area (TPSA) is 87.2 Å². The molecule has 2 aromatic carbocycles. The van der Waals surface area contributed by atoms with Crippen molar-refractivity contribution in [2.75, 3.05) is 37.9 Å². The van der Waals surface area contributed by atoms with Gasteiger partial charge in [0, 0.05) is 26.0 Å². The molecule has 1 heterocycles. The summed E-state index contributed by atoms with van der Waals surface area (Å²) in [7, 11) is 1.75. The van der Waals surface area contributed by atoms with E-state index in [1.54, 1.807) is 0 Å². The van der Waals surface area contributed by atoms with Gasteiger partial charge in [-0.25, -0.2) is 18.1 Å². The van der Waals surface area contributed by atoms with Gasteiger partial charge in [0.05, 0.1) is 20.6 Å². The predicted molar refractivity (Wildman–Crippen MR) is 147 cm³/mol. The lowest BCUT2D eigenvalue weighted by molar-refractivity contribution is 0.373. The molecule has 0 radical (unpaired) electrons. The summed E-state index contributed by atoms with van der Waals surface area (Å²) >= 11 is 17.1. The molecule has 0 spiro atoms. The number of rotatable bonds is 6. The first-order chi connectivity index (χ1) is 16.6. The lowest BCUT2D eigenvalue weighted by Crippen LogP contribution is -2.19. The summed E-state index contributed by atoms with van der Waals surface area (Å²) in [6.07, 6.45) is 6.80. The zero-order valence-corrected chi connectivity index (χ0v) is 23.1. The first kappa shape index (κ1) is 27.7. The smallest absolute Gasteiger partial charge is 0.241 e. The molecule has 11 heteroatoms. The minimum absolute atomic E-state index is 0.0321. The second-order valence-corrected chi connectivity index (χ2v) is 11.6. The number of para-hydroxylation sites is 1. The molecule has 0 atom stereocenters. The summed E-state index contributed by atoms with van der Waals surface area (Å²) in [5, 5.41) is 4.73. The molecule has 0 amide bonds. The normalized spacial score (nSPS) is 14.3. The summed E-state index contributed by atoms with van der Waals surface area (Å²) in [6, 6.07) is 10.9. The Morgan fingerprint density at radius 3 is 2.31 bits per heavy atom. The van der Waals surface area contributed by atoms with Crippen LogP contribution in [0.4, 0.5) is 11.8 Å². The Kier molecular flexibility index (Phi) is 9.84. The van der Waals surface area contributed by atoms with Crippen molar-refractivity contribution in [1.82, 2.24) is 14.7 Å². The summed E-state index contributed by atoms with van der Waals surface area (Å²) in [5.41, 5.74) is 1.00. The summed E-state index contributed by atoms with van der Waals surface area (Å²) in [5.74, 6) is 2.51. The van der Waals surface area contributed by atoms with E-state index in [1.165, 1.54) is 51.3 Å². The van der Waals surface area contributed by atoms with Crippen LogP contribution in [0.15, 0.2) is 41.3 Å². The first-order valence-corrected chi connectivity index (χ1v) is 14.0.